The maximum absolute atomic E-state index is 11.0. The second kappa shape index (κ2) is 3.79. The average molecular weight is 239 g/mol. The Bertz CT molecular complexity index is 562. The van der Waals surface area contributed by atoms with Crippen LogP contribution in [0.1, 0.15) is 18.4 Å². The molecule has 1 heterocycles. The van der Waals surface area contributed by atoms with Gasteiger partial charge in [-0.25, -0.2) is 0 Å². The summed E-state index contributed by atoms with van der Waals surface area (Å²) in [6.07, 6.45) is 0. The van der Waals surface area contributed by atoms with Crippen LogP contribution in [0.4, 0.5) is 0 Å². The van der Waals surface area contributed by atoms with Gasteiger partial charge in [-0.3, -0.25) is 9.48 Å². The van der Waals surface area contributed by atoms with Crippen LogP contribution in [0.25, 0.3) is 10.9 Å². The minimum atomic E-state index is -0.868. The molecule has 0 radical (unpaired) electrons. The van der Waals surface area contributed by atoms with Gasteiger partial charge < -0.3 is 5.11 Å². The number of hydrogen-bond acceptors (Lipinski definition) is 2. The van der Waals surface area contributed by atoms with E-state index in [1.807, 2.05) is 6.07 Å². The first kappa shape index (κ1) is 11.0. The van der Waals surface area contributed by atoms with Crippen LogP contribution in [0, 0.1) is 0 Å². The third-order valence-electron chi connectivity index (χ3n) is 2.66. The largest absolute Gasteiger partial charge is 0.481 e. The van der Waals surface area contributed by atoms with Gasteiger partial charge in [0.2, 0.25) is 0 Å². The lowest BCUT2D eigenvalue weighted by molar-refractivity contribution is -0.138. The fourth-order valence-corrected chi connectivity index (χ4v) is 1.97. The van der Waals surface area contributed by atoms with Gasteiger partial charge >= 0.3 is 5.97 Å². The highest BCUT2D eigenvalue weighted by molar-refractivity contribution is 6.34. The quantitative estimate of drug-likeness (QED) is 0.874. The predicted molar refractivity (Wildman–Crippen MR) is 61.8 cm³/mol. The van der Waals surface area contributed by atoms with E-state index < -0.39 is 11.9 Å². The Kier molecular flexibility index (Phi) is 2.59. The molecule has 0 bridgehead atoms. The monoisotopic (exact) mass is 238 g/mol. The van der Waals surface area contributed by atoms with E-state index in [1.54, 1.807) is 30.8 Å². The van der Waals surface area contributed by atoms with Crippen molar-refractivity contribution in [3.63, 3.8) is 0 Å². The predicted octanol–water partition coefficient (Wildman–Crippen LogP) is 2.41. The molecule has 0 spiro atoms. The number of carboxylic acids is 1. The first-order valence-electron chi connectivity index (χ1n) is 4.86. The van der Waals surface area contributed by atoms with Crippen LogP contribution < -0.4 is 0 Å². The molecule has 1 atom stereocenters. The molecule has 16 heavy (non-hydrogen) atoms. The molecular weight excluding hydrogens is 228 g/mol. The Morgan fingerprint density at radius 1 is 1.56 bits per heavy atom. The van der Waals surface area contributed by atoms with Gasteiger partial charge in [-0.2, -0.15) is 5.10 Å². The summed E-state index contributed by atoms with van der Waals surface area (Å²) >= 11 is 6.10. The molecule has 5 heteroatoms. The van der Waals surface area contributed by atoms with Crippen LogP contribution >= 0.6 is 11.6 Å². The fourth-order valence-electron chi connectivity index (χ4n) is 1.73. The molecule has 1 aromatic heterocycles. The highest BCUT2D eigenvalue weighted by Gasteiger charge is 2.19. The van der Waals surface area contributed by atoms with Gasteiger partial charge in [0, 0.05) is 12.4 Å². The van der Waals surface area contributed by atoms with E-state index in [1.165, 1.54) is 0 Å². The Labute approximate surface area is 97.4 Å². The van der Waals surface area contributed by atoms with Gasteiger partial charge in [0.05, 0.1) is 11.4 Å². The summed E-state index contributed by atoms with van der Waals surface area (Å²) in [5, 5.41) is 14.4. The second-order valence-corrected chi connectivity index (χ2v) is 4.07. The zero-order chi connectivity index (χ0) is 11.9. The molecule has 4 nitrogen and oxygen atoms in total. The summed E-state index contributed by atoms with van der Waals surface area (Å²) in [6.45, 7) is 1.64. The number of hydrogen-bond donors (Lipinski definition) is 1. The number of fused-ring (bicyclic) bond motifs is 1. The minimum Gasteiger partial charge on any atom is -0.481 e. The summed E-state index contributed by atoms with van der Waals surface area (Å²) in [7, 11) is 1.73. The molecule has 2 aromatic rings. The SMILES string of the molecule is CC(C(=O)O)c1cccc2nn(C)c(Cl)c12. The van der Waals surface area contributed by atoms with Crippen molar-refractivity contribution in [1.29, 1.82) is 0 Å². The molecule has 0 amide bonds. The summed E-state index contributed by atoms with van der Waals surface area (Å²) in [4.78, 5) is 11.0. The molecule has 0 saturated carbocycles. The van der Waals surface area contributed by atoms with E-state index in [9.17, 15) is 4.79 Å². The van der Waals surface area contributed by atoms with Crippen molar-refractivity contribution in [2.24, 2.45) is 7.05 Å². The van der Waals surface area contributed by atoms with Gasteiger partial charge in [-0.15, -0.1) is 0 Å². The van der Waals surface area contributed by atoms with Gasteiger partial charge in [0.25, 0.3) is 0 Å². The highest BCUT2D eigenvalue weighted by atomic mass is 35.5. The van der Waals surface area contributed by atoms with E-state index in [4.69, 9.17) is 16.7 Å². The first-order valence-corrected chi connectivity index (χ1v) is 5.24. The Balaban J connectivity index is 2.74. The normalized spacial score (nSPS) is 12.9. The zero-order valence-corrected chi connectivity index (χ0v) is 9.69. The van der Waals surface area contributed by atoms with Crippen molar-refractivity contribution < 1.29 is 9.90 Å². The number of nitrogens with zero attached hydrogens (tertiary/aromatic N) is 2. The summed E-state index contributed by atoms with van der Waals surface area (Å²) in [5.41, 5.74) is 1.42. The lowest BCUT2D eigenvalue weighted by Gasteiger charge is -2.07. The molecule has 1 aromatic carbocycles. The number of rotatable bonds is 2. The van der Waals surface area contributed by atoms with E-state index in [0.29, 0.717) is 10.7 Å². The van der Waals surface area contributed by atoms with E-state index in [-0.39, 0.29) is 0 Å². The Hall–Kier alpha value is -1.55. The smallest absolute Gasteiger partial charge is 0.310 e. The minimum absolute atomic E-state index is 0.471. The van der Waals surface area contributed by atoms with Crippen LogP contribution in [0.5, 0.6) is 0 Å². The second-order valence-electron chi connectivity index (χ2n) is 3.72. The number of aryl methyl sites for hydroxylation is 1. The molecule has 0 saturated heterocycles. The summed E-state index contributed by atoms with van der Waals surface area (Å²) < 4.78 is 1.55. The third kappa shape index (κ3) is 1.55. The fraction of sp³-hybridized carbons (Fsp3) is 0.273. The molecule has 84 valence electrons. The zero-order valence-electron chi connectivity index (χ0n) is 8.94. The summed E-state index contributed by atoms with van der Waals surface area (Å²) in [5.74, 6) is -1.46. The van der Waals surface area contributed by atoms with Crippen molar-refractivity contribution in [2.75, 3.05) is 0 Å². The van der Waals surface area contributed by atoms with Crippen LogP contribution in [0.3, 0.4) is 0 Å². The van der Waals surface area contributed by atoms with E-state index in [2.05, 4.69) is 5.10 Å². The van der Waals surface area contributed by atoms with Crippen LogP contribution in [0.2, 0.25) is 5.15 Å². The average Bonchev–Trinajstić information content (AvgIpc) is 2.54. The number of carboxylic acid groups (broad SMARTS) is 1. The van der Waals surface area contributed by atoms with Crippen molar-refractivity contribution in [1.82, 2.24) is 9.78 Å². The lowest BCUT2D eigenvalue weighted by Crippen LogP contribution is -2.07. The van der Waals surface area contributed by atoms with Crippen molar-refractivity contribution in [3.05, 3.63) is 28.9 Å². The lowest BCUT2D eigenvalue weighted by atomic mass is 9.98. The molecule has 0 aliphatic carbocycles. The number of carbonyl (C=O) groups is 1. The molecule has 0 fully saturated rings. The van der Waals surface area contributed by atoms with Gasteiger partial charge in [-0.05, 0) is 18.6 Å². The first-order chi connectivity index (χ1) is 7.52. The van der Waals surface area contributed by atoms with Gasteiger partial charge in [-0.1, -0.05) is 23.7 Å². The topological polar surface area (TPSA) is 55.1 Å². The van der Waals surface area contributed by atoms with Crippen LogP contribution in [0.15, 0.2) is 18.2 Å². The maximum atomic E-state index is 11.0. The highest BCUT2D eigenvalue weighted by Crippen LogP contribution is 2.30. The summed E-state index contributed by atoms with van der Waals surface area (Å²) in [6, 6.07) is 5.38. The molecule has 0 aliphatic rings. The van der Waals surface area contributed by atoms with Gasteiger partial charge in [0.1, 0.15) is 5.15 Å². The molecule has 2 rings (SSSR count). The Morgan fingerprint density at radius 2 is 2.25 bits per heavy atom. The molecule has 1 N–H and O–H groups in total. The van der Waals surface area contributed by atoms with Gasteiger partial charge in [0.15, 0.2) is 0 Å². The van der Waals surface area contributed by atoms with E-state index >= 15 is 0 Å². The standard InChI is InChI=1S/C11H11ClN2O2/c1-6(11(15)16)7-4-3-5-8-9(7)10(12)14(2)13-8/h3-6H,1-2H3,(H,15,16). The van der Waals surface area contributed by atoms with E-state index in [0.717, 1.165) is 10.9 Å². The number of benzene rings is 1. The van der Waals surface area contributed by atoms with Crippen molar-refractivity contribution in [2.45, 2.75) is 12.8 Å². The van der Waals surface area contributed by atoms with Crippen LogP contribution in [-0.2, 0) is 11.8 Å². The molecule has 1 unspecified atom stereocenters. The third-order valence-corrected chi connectivity index (χ3v) is 3.09. The number of aromatic nitrogens is 2. The molecule has 0 aliphatic heterocycles. The number of aliphatic carboxylic acids is 1. The maximum Gasteiger partial charge on any atom is 0.310 e. The number of halogens is 1. The molecular formula is C11H11ClN2O2. The van der Waals surface area contributed by atoms with Crippen LogP contribution in [-0.4, -0.2) is 20.9 Å². The van der Waals surface area contributed by atoms with Crippen molar-refractivity contribution in [3.8, 4) is 0 Å². The Morgan fingerprint density at radius 3 is 2.88 bits per heavy atom. The van der Waals surface area contributed by atoms with Crippen molar-refractivity contribution >= 4 is 28.5 Å².